The highest BCUT2D eigenvalue weighted by Gasteiger charge is 2.08. The predicted octanol–water partition coefficient (Wildman–Crippen LogP) is 0.275. The highest BCUT2D eigenvalue weighted by Crippen LogP contribution is 2.00. The highest BCUT2D eigenvalue weighted by molar-refractivity contribution is 8.02. The van der Waals surface area contributed by atoms with Crippen molar-refractivity contribution in [3.63, 3.8) is 0 Å². The lowest BCUT2D eigenvalue weighted by Gasteiger charge is -2.00. The van der Waals surface area contributed by atoms with Crippen LogP contribution in [0.3, 0.4) is 0 Å². The van der Waals surface area contributed by atoms with Crippen LogP contribution >= 0.6 is 11.8 Å². The van der Waals surface area contributed by atoms with Gasteiger partial charge in [0.2, 0.25) is 0 Å². The Morgan fingerprint density at radius 2 is 2.56 bits per heavy atom. The summed E-state index contributed by atoms with van der Waals surface area (Å²) in [6, 6.07) is -0.770. The van der Waals surface area contributed by atoms with Crippen LogP contribution in [-0.2, 0) is 4.79 Å². The maximum Gasteiger partial charge on any atom is 0.321 e. The summed E-state index contributed by atoms with van der Waals surface area (Å²) in [6.07, 6.45) is 0. The van der Waals surface area contributed by atoms with Crippen LogP contribution in [-0.4, -0.2) is 22.9 Å². The fraction of sp³-hybridized carbons (Fsp3) is 0.400. The van der Waals surface area contributed by atoms with E-state index in [1.807, 2.05) is 0 Å². The van der Waals surface area contributed by atoms with E-state index in [9.17, 15) is 4.79 Å². The van der Waals surface area contributed by atoms with Gasteiger partial charge in [0.15, 0.2) is 0 Å². The van der Waals surface area contributed by atoms with E-state index in [0.29, 0.717) is 5.75 Å². The molecular weight excluding hydrogens is 138 g/mol. The predicted molar refractivity (Wildman–Crippen MR) is 38.3 cm³/mol. The molecule has 3 N–H and O–H groups in total. The van der Waals surface area contributed by atoms with Crippen molar-refractivity contribution < 1.29 is 9.90 Å². The molecule has 3 nitrogen and oxygen atoms in total. The zero-order chi connectivity index (χ0) is 7.28. The lowest BCUT2D eigenvalue weighted by molar-refractivity contribution is -0.137. The minimum Gasteiger partial charge on any atom is -0.480 e. The molecule has 0 saturated heterocycles. The molecule has 0 rings (SSSR count). The molecule has 0 radical (unpaired) electrons. The minimum absolute atomic E-state index is 0.388. The van der Waals surface area contributed by atoms with Crippen LogP contribution in [0.5, 0.6) is 0 Å². The van der Waals surface area contributed by atoms with Crippen LogP contribution in [0.15, 0.2) is 12.0 Å². The molecule has 52 valence electrons. The summed E-state index contributed by atoms with van der Waals surface area (Å²) in [6.45, 7) is 3.41. The van der Waals surface area contributed by atoms with Crippen LogP contribution in [0.2, 0.25) is 0 Å². The van der Waals surface area contributed by atoms with E-state index >= 15 is 0 Å². The van der Waals surface area contributed by atoms with Gasteiger partial charge >= 0.3 is 5.97 Å². The van der Waals surface area contributed by atoms with Gasteiger partial charge in [-0.05, 0) is 5.41 Å². The van der Waals surface area contributed by atoms with Crippen molar-refractivity contribution >= 4 is 17.7 Å². The van der Waals surface area contributed by atoms with Crippen molar-refractivity contribution in [1.29, 1.82) is 0 Å². The summed E-state index contributed by atoms with van der Waals surface area (Å²) in [7, 11) is 0. The van der Waals surface area contributed by atoms with Crippen molar-refractivity contribution in [3.05, 3.63) is 12.0 Å². The zero-order valence-corrected chi connectivity index (χ0v) is 5.73. The van der Waals surface area contributed by atoms with E-state index in [1.165, 1.54) is 11.8 Å². The van der Waals surface area contributed by atoms with Gasteiger partial charge in [0, 0.05) is 5.75 Å². The summed E-state index contributed by atoms with van der Waals surface area (Å²) < 4.78 is 0. The van der Waals surface area contributed by atoms with Crippen molar-refractivity contribution in [2.75, 3.05) is 5.75 Å². The second kappa shape index (κ2) is 4.40. The second-order valence-electron chi connectivity index (χ2n) is 1.44. The molecule has 0 aliphatic heterocycles. The number of nitrogens with two attached hydrogens (primary N) is 1. The number of carbonyl (C=O) groups is 1. The molecular formula is C5H9NO2S. The molecule has 0 aromatic rings. The van der Waals surface area contributed by atoms with E-state index in [0.717, 1.165) is 0 Å². The lowest BCUT2D eigenvalue weighted by Crippen LogP contribution is -2.32. The number of thioether (sulfide) groups is 1. The number of aliphatic carboxylic acids is 1. The molecule has 0 saturated carbocycles. The smallest absolute Gasteiger partial charge is 0.321 e. The molecule has 4 heteroatoms. The van der Waals surface area contributed by atoms with Gasteiger partial charge in [0.25, 0.3) is 0 Å². The molecule has 0 amide bonds. The largest absolute Gasteiger partial charge is 0.480 e. The van der Waals surface area contributed by atoms with Crippen LogP contribution in [0.25, 0.3) is 0 Å². The number of hydrogen-bond donors (Lipinski definition) is 2. The van der Waals surface area contributed by atoms with Gasteiger partial charge in [-0.1, -0.05) is 6.58 Å². The second-order valence-corrected chi connectivity index (χ2v) is 2.44. The molecule has 1 atom stereocenters. The topological polar surface area (TPSA) is 63.3 Å². The van der Waals surface area contributed by atoms with Crippen LogP contribution in [0.1, 0.15) is 0 Å². The SMILES string of the molecule is C=CSC[C@@H](N)C(=O)O. The Morgan fingerprint density at radius 3 is 2.89 bits per heavy atom. The summed E-state index contributed by atoms with van der Waals surface area (Å²) in [5.41, 5.74) is 5.13. The summed E-state index contributed by atoms with van der Waals surface area (Å²) in [5.74, 6) is -0.580. The van der Waals surface area contributed by atoms with Gasteiger partial charge in [-0.15, -0.1) is 11.8 Å². The van der Waals surface area contributed by atoms with Crippen molar-refractivity contribution in [2.24, 2.45) is 5.73 Å². The Kier molecular flexibility index (Phi) is 4.17. The van der Waals surface area contributed by atoms with Crippen molar-refractivity contribution in [3.8, 4) is 0 Å². The molecule has 0 aliphatic rings. The summed E-state index contributed by atoms with van der Waals surface area (Å²) in [4.78, 5) is 10.0. The van der Waals surface area contributed by atoms with Gasteiger partial charge in [-0.25, -0.2) is 0 Å². The lowest BCUT2D eigenvalue weighted by atomic mass is 10.4. The number of hydrogen-bond acceptors (Lipinski definition) is 3. The van der Waals surface area contributed by atoms with Gasteiger partial charge in [-0.2, -0.15) is 0 Å². The third-order valence-electron chi connectivity index (χ3n) is 0.711. The van der Waals surface area contributed by atoms with Gasteiger partial charge in [0.05, 0.1) is 0 Å². The van der Waals surface area contributed by atoms with Gasteiger partial charge in [-0.3, -0.25) is 4.79 Å². The third kappa shape index (κ3) is 4.05. The summed E-state index contributed by atoms with van der Waals surface area (Å²) >= 11 is 1.30. The Labute approximate surface area is 57.9 Å². The van der Waals surface area contributed by atoms with E-state index in [2.05, 4.69) is 6.58 Å². The first-order valence-electron chi connectivity index (χ1n) is 2.39. The Hall–Kier alpha value is -0.480. The molecule has 0 heterocycles. The maximum atomic E-state index is 10.0. The average molecular weight is 147 g/mol. The number of carboxylic acids is 1. The molecule has 0 unspecified atom stereocenters. The minimum atomic E-state index is -0.968. The molecule has 0 bridgehead atoms. The summed E-state index contributed by atoms with van der Waals surface area (Å²) in [5, 5.41) is 9.81. The van der Waals surface area contributed by atoms with Gasteiger partial charge in [0.1, 0.15) is 6.04 Å². The molecule has 0 spiro atoms. The van der Waals surface area contributed by atoms with E-state index in [-0.39, 0.29) is 0 Å². The average Bonchev–Trinajstić information content (AvgIpc) is 1.82. The van der Waals surface area contributed by atoms with Crippen molar-refractivity contribution in [1.82, 2.24) is 0 Å². The monoisotopic (exact) mass is 147 g/mol. The highest BCUT2D eigenvalue weighted by atomic mass is 32.2. The number of carboxylic acid groups (broad SMARTS) is 1. The Bertz CT molecular complexity index is 116. The third-order valence-corrected chi connectivity index (χ3v) is 1.50. The molecule has 0 aliphatic carbocycles. The maximum absolute atomic E-state index is 10.0. The van der Waals surface area contributed by atoms with E-state index in [1.54, 1.807) is 5.41 Å². The quantitative estimate of drug-likeness (QED) is 0.599. The molecule has 0 fully saturated rings. The van der Waals surface area contributed by atoms with Gasteiger partial charge < -0.3 is 10.8 Å². The van der Waals surface area contributed by atoms with Crippen LogP contribution < -0.4 is 5.73 Å². The fourth-order valence-electron chi connectivity index (χ4n) is 0.243. The van der Waals surface area contributed by atoms with Crippen LogP contribution in [0, 0.1) is 0 Å². The first kappa shape index (κ1) is 8.52. The molecule has 0 aromatic heterocycles. The zero-order valence-electron chi connectivity index (χ0n) is 4.91. The first-order chi connectivity index (χ1) is 4.18. The Morgan fingerprint density at radius 1 is 2.00 bits per heavy atom. The molecule has 0 aromatic carbocycles. The number of rotatable bonds is 4. The van der Waals surface area contributed by atoms with E-state index in [4.69, 9.17) is 10.8 Å². The van der Waals surface area contributed by atoms with Crippen LogP contribution in [0.4, 0.5) is 0 Å². The first-order valence-corrected chi connectivity index (χ1v) is 3.44. The fourth-order valence-corrected chi connectivity index (χ4v) is 0.729. The van der Waals surface area contributed by atoms with E-state index < -0.39 is 12.0 Å². The Balaban J connectivity index is 3.37. The standard InChI is InChI=1S/C5H9NO2S/c1-2-9-3-4(6)5(7)8/h2,4H,1,3,6H2,(H,7,8)/t4-/m1/s1. The normalized spacial score (nSPS) is 12.6. The molecule has 9 heavy (non-hydrogen) atoms. The van der Waals surface area contributed by atoms with Crippen molar-refractivity contribution in [2.45, 2.75) is 6.04 Å².